The van der Waals surface area contributed by atoms with Gasteiger partial charge in [-0.05, 0) is 23.8 Å². The van der Waals surface area contributed by atoms with E-state index in [1.807, 2.05) is 24.4 Å². The molecule has 0 aliphatic rings. The summed E-state index contributed by atoms with van der Waals surface area (Å²) >= 11 is 0. The second-order valence-corrected chi connectivity index (χ2v) is 3.38. The number of rotatable bonds is 3. The van der Waals surface area contributed by atoms with Gasteiger partial charge in [0.2, 0.25) is 5.91 Å². The molecule has 0 saturated heterocycles. The minimum atomic E-state index is -0.0440. The van der Waals surface area contributed by atoms with Crippen molar-refractivity contribution in [2.75, 3.05) is 0 Å². The maximum Gasteiger partial charge on any atom is 0.217 e. The Morgan fingerprint density at radius 2 is 2.38 bits per heavy atom. The summed E-state index contributed by atoms with van der Waals surface area (Å²) in [7, 11) is 0. The number of aromatic nitrogens is 3. The quantitative estimate of drug-likeness (QED) is 0.829. The standard InChI is InChI=1S/C11H12N4O/c1-9(16)13-8-10-3-5-12-11(7-10)15-6-2-4-14-15/h2-7H,8H2,1H3,(H,13,16). The molecular formula is C11H12N4O. The molecule has 0 spiro atoms. The smallest absolute Gasteiger partial charge is 0.217 e. The summed E-state index contributed by atoms with van der Waals surface area (Å²) in [5.41, 5.74) is 0.996. The lowest BCUT2D eigenvalue weighted by molar-refractivity contribution is -0.119. The van der Waals surface area contributed by atoms with E-state index in [0.29, 0.717) is 6.54 Å². The summed E-state index contributed by atoms with van der Waals surface area (Å²) in [5, 5.41) is 6.83. The first-order valence-corrected chi connectivity index (χ1v) is 4.95. The fourth-order valence-corrected chi connectivity index (χ4v) is 1.33. The number of nitrogens with zero attached hydrogens (tertiary/aromatic N) is 3. The van der Waals surface area contributed by atoms with E-state index in [1.165, 1.54) is 6.92 Å². The topological polar surface area (TPSA) is 59.8 Å². The zero-order valence-corrected chi connectivity index (χ0v) is 8.92. The van der Waals surface area contributed by atoms with E-state index in [4.69, 9.17) is 0 Å². The van der Waals surface area contributed by atoms with Crippen LogP contribution in [0.25, 0.3) is 5.82 Å². The molecule has 1 N–H and O–H groups in total. The number of amides is 1. The minimum Gasteiger partial charge on any atom is -0.352 e. The first-order chi connectivity index (χ1) is 7.75. The van der Waals surface area contributed by atoms with E-state index < -0.39 is 0 Å². The van der Waals surface area contributed by atoms with Gasteiger partial charge >= 0.3 is 0 Å². The maximum atomic E-state index is 10.8. The average Bonchev–Trinajstić information content (AvgIpc) is 2.80. The Balaban J connectivity index is 2.17. The van der Waals surface area contributed by atoms with Gasteiger partial charge in [-0.3, -0.25) is 4.79 Å². The SMILES string of the molecule is CC(=O)NCc1ccnc(-n2cccn2)c1. The van der Waals surface area contributed by atoms with Crippen LogP contribution in [0.1, 0.15) is 12.5 Å². The molecule has 1 amide bonds. The molecule has 0 bridgehead atoms. The first kappa shape index (κ1) is 10.4. The van der Waals surface area contributed by atoms with Crippen LogP contribution in [-0.4, -0.2) is 20.7 Å². The van der Waals surface area contributed by atoms with Crippen LogP contribution in [0.2, 0.25) is 0 Å². The van der Waals surface area contributed by atoms with Gasteiger partial charge < -0.3 is 5.32 Å². The lowest BCUT2D eigenvalue weighted by Crippen LogP contribution is -2.19. The Kier molecular flexibility index (Phi) is 2.95. The van der Waals surface area contributed by atoms with Crippen LogP contribution >= 0.6 is 0 Å². The van der Waals surface area contributed by atoms with Gasteiger partial charge in [0.15, 0.2) is 5.82 Å². The zero-order chi connectivity index (χ0) is 11.4. The molecule has 2 heterocycles. The molecule has 0 atom stereocenters. The highest BCUT2D eigenvalue weighted by Crippen LogP contribution is 2.05. The summed E-state index contributed by atoms with van der Waals surface area (Å²) in [6.45, 7) is 2.00. The van der Waals surface area contributed by atoms with Crippen LogP contribution in [-0.2, 0) is 11.3 Å². The number of carbonyl (C=O) groups is 1. The number of pyridine rings is 1. The molecule has 0 aliphatic carbocycles. The van der Waals surface area contributed by atoms with Gasteiger partial charge in [-0.15, -0.1) is 0 Å². The summed E-state index contributed by atoms with van der Waals surface area (Å²) in [6.07, 6.45) is 5.22. The fourth-order valence-electron chi connectivity index (χ4n) is 1.33. The highest BCUT2D eigenvalue weighted by atomic mass is 16.1. The Hall–Kier alpha value is -2.17. The Bertz CT molecular complexity index is 478. The predicted octanol–water partition coefficient (Wildman–Crippen LogP) is 0.903. The second kappa shape index (κ2) is 4.57. The average molecular weight is 216 g/mol. The molecule has 0 radical (unpaired) electrons. The van der Waals surface area contributed by atoms with Gasteiger partial charge in [0.05, 0.1) is 0 Å². The van der Waals surface area contributed by atoms with Crippen LogP contribution in [0.3, 0.4) is 0 Å². The van der Waals surface area contributed by atoms with Gasteiger partial charge in [-0.25, -0.2) is 9.67 Å². The first-order valence-electron chi connectivity index (χ1n) is 4.95. The molecule has 0 saturated carbocycles. The lowest BCUT2D eigenvalue weighted by Gasteiger charge is -2.04. The Morgan fingerprint density at radius 1 is 1.50 bits per heavy atom. The van der Waals surface area contributed by atoms with E-state index in [-0.39, 0.29) is 5.91 Å². The molecule has 2 aromatic heterocycles. The molecule has 0 aromatic carbocycles. The zero-order valence-electron chi connectivity index (χ0n) is 8.92. The van der Waals surface area contributed by atoms with Crippen molar-refractivity contribution in [3.63, 3.8) is 0 Å². The molecule has 5 nitrogen and oxygen atoms in total. The van der Waals surface area contributed by atoms with Gasteiger partial charge in [0.1, 0.15) is 0 Å². The minimum absolute atomic E-state index is 0.0440. The Labute approximate surface area is 93.1 Å². The molecule has 2 rings (SSSR count). The van der Waals surface area contributed by atoms with Crippen LogP contribution in [0.4, 0.5) is 0 Å². The van der Waals surface area contributed by atoms with Crippen molar-refractivity contribution in [1.29, 1.82) is 0 Å². The second-order valence-electron chi connectivity index (χ2n) is 3.38. The number of nitrogens with one attached hydrogen (secondary N) is 1. The van der Waals surface area contributed by atoms with E-state index in [9.17, 15) is 4.79 Å². The monoisotopic (exact) mass is 216 g/mol. The maximum absolute atomic E-state index is 10.8. The largest absolute Gasteiger partial charge is 0.352 e. The third kappa shape index (κ3) is 2.44. The van der Waals surface area contributed by atoms with E-state index in [1.54, 1.807) is 17.1 Å². The summed E-state index contributed by atoms with van der Waals surface area (Å²) in [6, 6.07) is 5.59. The fraction of sp³-hybridized carbons (Fsp3) is 0.182. The summed E-state index contributed by atoms with van der Waals surface area (Å²) in [5.74, 6) is 0.699. The van der Waals surface area contributed by atoms with Gasteiger partial charge in [-0.1, -0.05) is 0 Å². The third-order valence-electron chi connectivity index (χ3n) is 2.09. The predicted molar refractivity (Wildman–Crippen MR) is 58.9 cm³/mol. The number of hydrogen-bond donors (Lipinski definition) is 1. The molecule has 0 fully saturated rings. The molecular weight excluding hydrogens is 204 g/mol. The van der Waals surface area contributed by atoms with Crippen molar-refractivity contribution >= 4 is 5.91 Å². The molecule has 82 valence electrons. The van der Waals surface area contributed by atoms with E-state index >= 15 is 0 Å². The van der Waals surface area contributed by atoms with Crippen LogP contribution in [0, 0.1) is 0 Å². The van der Waals surface area contributed by atoms with Crippen molar-refractivity contribution in [3.8, 4) is 5.82 Å². The van der Waals surface area contributed by atoms with Crippen LogP contribution in [0.5, 0.6) is 0 Å². The van der Waals surface area contributed by atoms with Gasteiger partial charge in [-0.2, -0.15) is 5.10 Å². The highest BCUT2D eigenvalue weighted by Gasteiger charge is 2.00. The summed E-state index contributed by atoms with van der Waals surface area (Å²) in [4.78, 5) is 15.0. The van der Waals surface area contributed by atoms with E-state index in [0.717, 1.165) is 11.4 Å². The highest BCUT2D eigenvalue weighted by molar-refractivity contribution is 5.72. The van der Waals surface area contributed by atoms with Crippen molar-refractivity contribution < 1.29 is 4.79 Å². The third-order valence-corrected chi connectivity index (χ3v) is 2.09. The van der Waals surface area contributed by atoms with Crippen LogP contribution < -0.4 is 5.32 Å². The normalized spacial score (nSPS) is 10.1. The Morgan fingerprint density at radius 3 is 3.06 bits per heavy atom. The van der Waals surface area contributed by atoms with Crippen molar-refractivity contribution in [2.24, 2.45) is 0 Å². The van der Waals surface area contributed by atoms with Crippen molar-refractivity contribution in [3.05, 3.63) is 42.4 Å². The molecule has 2 aromatic rings. The molecule has 5 heteroatoms. The lowest BCUT2D eigenvalue weighted by atomic mass is 10.2. The van der Waals surface area contributed by atoms with Crippen LogP contribution in [0.15, 0.2) is 36.8 Å². The van der Waals surface area contributed by atoms with Crippen molar-refractivity contribution in [1.82, 2.24) is 20.1 Å². The molecule has 0 unspecified atom stereocenters. The van der Waals surface area contributed by atoms with Gasteiger partial charge in [0, 0.05) is 32.1 Å². The molecule has 16 heavy (non-hydrogen) atoms. The van der Waals surface area contributed by atoms with E-state index in [2.05, 4.69) is 15.4 Å². The van der Waals surface area contributed by atoms with Gasteiger partial charge in [0.25, 0.3) is 0 Å². The van der Waals surface area contributed by atoms with Crippen molar-refractivity contribution in [2.45, 2.75) is 13.5 Å². The number of hydrogen-bond acceptors (Lipinski definition) is 3. The summed E-state index contributed by atoms with van der Waals surface area (Å²) < 4.78 is 1.68. The molecule has 0 aliphatic heterocycles. The number of carbonyl (C=O) groups excluding carboxylic acids is 1.